The molecule has 0 aliphatic carbocycles. The van der Waals surface area contributed by atoms with Crippen molar-refractivity contribution in [2.75, 3.05) is 18.1 Å². The molecule has 1 rings (SSSR count). The van der Waals surface area contributed by atoms with Crippen LogP contribution in [0.3, 0.4) is 0 Å². The summed E-state index contributed by atoms with van der Waals surface area (Å²) < 4.78 is 1.29. The van der Waals surface area contributed by atoms with Gasteiger partial charge >= 0.3 is 0 Å². The SMILES string of the molecule is CCC(C)(CN)c1nnc(N)n1N. The van der Waals surface area contributed by atoms with Gasteiger partial charge in [-0.15, -0.1) is 10.2 Å². The summed E-state index contributed by atoms with van der Waals surface area (Å²) in [6.07, 6.45) is 0.846. The molecule has 0 bridgehead atoms. The molecule has 1 aromatic rings. The van der Waals surface area contributed by atoms with Gasteiger partial charge in [0.25, 0.3) is 0 Å². The molecule has 6 nitrogen and oxygen atoms in total. The maximum Gasteiger partial charge on any atom is 0.240 e. The topological polar surface area (TPSA) is 109 Å². The molecule has 0 saturated carbocycles. The van der Waals surface area contributed by atoms with Gasteiger partial charge < -0.3 is 17.3 Å². The van der Waals surface area contributed by atoms with Gasteiger partial charge in [-0.1, -0.05) is 13.8 Å². The fourth-order valence-electron chi connectivity index (χ4n) is 1.11. The van der Waals surface area contributed by atoms with Crippen LogP contribution in [0.15, 0.2) is 0 Å². The van der Waals surface area contributed by atoms with Crippen molar-refractivity contribution < 1.29 is 0 Å². The normalized spacial score (nSPS) is 15.6. The predicted octanol–water partition coefficient (Wildman–Crippen LogP) is -0.799. The third-order valence-electron chi connectivity index (χ3n) is 2.49. The number of anilines is 1. The van der Waals surface area contributed by atoms with Gasteiger partial charge in [0, 0.05) is 12.0 Å². The Morgan fingerprint density at radius 2 is 2.08 bits per heavy atom. The molecule has 1 unspecified atom stereocenters. The van der Waals surface area contributed by atoms with Gasteiger partial charge in [0.15, 0.2) is 5.82 Å². The van der Waals surface area contributed by atoms with Crippen LogP contribution >= 0.6 is 0 Å². The Hall–Kier alpha value is -1.30. The highest BCUT2D eigenvalue weighted by atomic mass is 15.4. The van der Waals surface area contributed by atoms with E-state index in [2.05, 4.69) is 10.2 Å². The van der Waals surface area contributed by atoms with Crippen molar-refractivity contribution in [1.29, 1.82) is 0 Å². The lowest BCUT2D eigenvalue weighted by Gasteiger charge is -2.24. The Bertz CT molecular complexity index is 287. The molecule has 0 aromatic carbocycles. The maximum atomic E-state index is 5.65. The van der Waals surface area contributed by atoms with E-state index in [4.69, 9.17) is 17.3 Å². The van der Waals surface area contributed by atoms with E-state index in [0.29, 0.717) is 12.4 Å². The van der Waals surface area contributed by atoms with Gasteiger partial charge in [-0.05, 0) is 6.42 Å². The maximum absolute atomic E-state index is 5.65. The molecular weight excluding hydrogens is 168 g/mol. The molecular formula is C7H16N6. The second kappa shape index (κ2) is 3.21. The van der Waals surface area contributed by atoms with E-state index < -0.39 is 0 Å². The molecule has 0 aliphatic heterocycles. The first-order valence-electron chi connectivity index (χ1n) is 4.21. The lowest BCUT2D eigenvalue weighted by molar-refractivity contribution is 0.428. The molecule has 74 valence electrons. The monoisotopic (exact) mass is 184 g/mol. The van der Waals surface area contributed by atoms with Gasteiger partial charge in [-0.3, -0.25) is 0 Å². The summed E-state index contributed by atoms with van der Waals surface area (Å²) in [7, 11) is 0. The zero-order valence-corrected chi connectivity index (χ0v) is 7.99. The highest BCUT2D eigenvalue weighted by molar-refractivity contribution is 5.21. The van der Waals surface area contributed by atoms with E-state index in [0.717, 1.165) is 6.42 Å². The second-order valence-electron chi connectivity index (χ2n) is 3.37. The molecule has 13 heavy (non-hydrogen) atoms. The van der Waals surface area contributed by atoms with Crippen molar-refractivity contribution in [2.45, 2.75) is 25.7 Å². The largest absolute Gasteiger partial charge is 0.366 e. The second-order valence-corrected chi connectivity index (χ2v) is 3.37. The standard InChI is InChI=1S/C7H16N6/c1-3-7(2,4-8)5-11-12-6(9)13(5)10/h3-4,8,10H2,1-2H3,(H2,9,12). The molecule has 0 radical (unpaired) electrons. The molecule has 6 N–H and O–H groups in total. The Balaban J connectivity index is 3.12. The summed E-state index contributed by atoms with van der Waals surface area (Å²) in [5.74, 6) is 6.50. The van der Waals surface area contributed by atoms with Crippen LogP contribution in [0, 0.1) is 0 Å². The van der Waals surface area contributed by atoms with Crippen molar-refractivity contribution in [1.82, 2.24) is 14.9 Å². The van der Waals surface area contributed by atoms with Gasteiger partial charge in [0.05, 0.1) is 0 Å². The number of nitrogen functional groups attached to an aromatic ring is 2. The Kier molecular flexibility index (Phi) is 2.42. The number of nitrogens with two attached hydrogens (primary N) is 3. The summed E-state index contributed by atoms with van der Waals surface area (Å²) in [5.41, 5.74) is 10.9. The van der Waals surface area contributed by atoms with Crippen molar-refractivity contribution in [3.8, 4) is 0 Å². The van der Waals surface area contributed by atoms with Crippen LogP contribution in [-0.4, -0.2) is 21.4 Å². The van der Waals surface area contributed by atoms with Crippen LogP contribution in [0.1, 0.15) is 26.1 Å². The minimum atomic E-state index is -0.251. The van der Waals surface area contributed by atoms with E-state index in [1.165, 1.54) is 4.68 Å². The van der Waals surface area contributed by atoms with Crippen molar-refractivity contribution >= 4 is 5.95 Å². The van der Waals surface area contributed by atoms with Crippen LogP contribution in [-0.2, 0) is 5.41 Å². The van der Waals surface area contributed by atoms with E-state index in [1.54, 1.807) is 0 Å². The molecule has 0 amide bonds. The molecule has 6 heteroatoms. The predicted molar refractivity (Wildman–Crippen MR) is 51.3 cm³/mol. The third kappa shape index (κ3) is 1.44. The average molecular weight is 184 g/mol. The number of hydrogen-bond donors (Lipinski definition) is 3. The van der Waals surface area contributed by atoms with E-state index in [1.807, 2.05) is 13.8 Å². The lowest BCUT2D eigenvalue weighted by atomic mass is 9.87. The van der Waals surface area contributed by atoms with Crippen LogP contribution < -0.4 is 17.3 Å². The zero-order valence-electron chi connectivity index (χ0n) is 7.99. The quantitative estimate of drug-likeness (QED) is 0.533. The third-order valence-corrected chi connectivity index (χ3v) is 2.49. The van der Waals surface area contributed by atoms with Crippen molar-refractivity contribution in [3.05, 3.63) is 5.82 Å². The fourth-order valence-corrected chi connectivity index (χ4v) is 1.11. The van der Waals surface area contributed by atoms with Crippen LogP contribution in [0.5, 0.6) is 0 Å². The van der Waals surface area contributed by atoms with Crippen molar-refractivity contribution in [3.63, 3.8) is 0 Å². The van der Waals surface area contributed by atoms with Gasteiger partial charge in [0.2, 0.25) is 5.95 Å². The summed E-state index contributed by atoms with van der Waals surface area (Å²) in [5, 5.41) is 7.60. The average Bonchev–Trinajstić information content (AvgIpc) is 2.47. The highest BCUT2D eigenvalue weighted by Gasteiger charge is 2.29. The summed E-state index contributed by atoms with van der Waals surface area (Å²) in [6.45, 7) is 4.48. The zero-order chi connectivity index (χ0) is 10.1. The Labute approximate surface area is 77.1 Å². The van der Waals surface area contributed by atoms with Gasteiger partial charge in [-0.25, -0.2) is 4.68 Å². The van der Waals surface area contributed by atoms with E-state index in [-0.39, 0.29) is 11.4 Å². The molecule has 1 aromatic heterocycles. The summed E-state index contributed by atoms with van der Waals surface area (Å²) >= 11 is 0. The first-order valence-corrected chi connectivity index (χ1v) is 4.21. The minimum absolute atomic E-state index is 0.211. The van der Waals surface area contributed by atoms with Gasteiger partial charge in [-0.2, -0.15) is 0 Å². The fraction of sp³-hybridized carbons (Fsp3) is 0.714. The van der Waals surface area contributed by atoms with Crippen LogP contribution in [0.25, 0.3) is 0 Å². The molecule has 0 saturated heterocycles. The van der Waals surface area contributed by atoms with Crippen LogP contribution in [0.2, 0.25) is 0 Å². The number of rotatable bonds is 3. The first kappa shape index (κ1) is 9.79. The first-order chi connectivity index (χ1) is 6.05. The lowest BCUT2D eigenvalue weighted by Crippen LogP contribution is -2.36. The number of aromatic nitrogens is 3. The molecule has 0 spiro atoms. The smallest absolute Gasteiger partial charge is 0.240 e. The summed E-state index contributed by atoms with van der Waals surface area (Å²) in [6, 6.07) is 0. The minimum Gasteiger partial charge on any atom is -0.366 e. The highest BCUT2D eigenvalue weighted by Crippen LogP contribution is 2.23. The summed E-state index contributed by atoms with van der Waals surface area (Å²) in [4.78, 5) is 0. The van der Waals surface area contributed by atoms with E-state index >= 15 is 0 Å². The molecule has 1 atom stereocenters. The molecule has 1 heterocycles. The number of hydrogen-bond acceptors (Lipinski definition) is 5. The van der Waals surface area contributed by atoms with Crippen LogP contribution in [0.4, 0.5) is 5.95 Å². The molecule has 0 fully saturated rings. The Morgan fingerprint density at radius 1 is 1.46 bits per heavy atom. The number of nitrogens with zero attached hydrogens (tertiary/aromatic N) is 3. The van der Waals surface area contributed by atoms with Gasteiger partial charge in [0.1, 0.15) is 0 Å². The molecule has 0 aliphatic rings. The Morgan fingerprint density at radius 3 is 2.38 bits per heavy atom. The van der Waals surface area contributed by atoms with Crippen molar-refractivity contribution in [2.24, 2.45) is 5.73 Å². The van der Waals surface area contributed by atoms with E-state index in [9.17, 15) is 0 Å².